The molecule has 2 fully saturated rings. The summed E-state index contributed by atoms with van der Waals surface area (Å²) in [5.41, 5.74) is 4.68. The highest BCUT2D eigenvalue weighted by atomic mass is 16.5. The predicted octanol–water partition coefficient (Wildman–Crippen LogP) is 4.17. The normalized spacial score (nSPS) is 24.9. The molecule has 2 aromatic rings. The van der Waals surface area contributed by atoms with Gasteiger partial charge in [0.2, 0.25) is 5.91 Å². The number of rotatable bonds is 8. The number of benzene rings is 2. The Morgan fingerprint density at radius 3 is 2.29 bits per heavy atom. The SMILES string of the molecule is CC(CNC(=O)C1C2CCC(C2)C1NC(=O)OCC1c2ccccc2-c2ccccc21)CC(=O)O. The Kier molecular flexibility index (Phi) is 6.50. The lowest BCUT2D eigenvalue weighted by Crippen LogP contribution is -2.50. The molecule has 7 nitrogen and oxygen atoms in total. The van der Waals surface area contributed by atoms with E-state index in [9.17, 15) is 14.4 Å². The van der Waals surface area contributed by atoms with Crippen LogP contribution >= 0.6 is 0 Å². The molecule has 3 aliphatic carbocycles. The second-order valence-corrected chi connectivity index (χ2v) is 10.3. The Labute approximate surface area is 205 Å². The first-order chi connectivity index (χ1) is 16.9. The average molecular weight is 477 g/mol. The number of hydrogen-bond acceptors (Lipinski definition) is 4. The van der Waals surface area contributed by atoms with Gasteiger partial charge in [-0.15, -0.1) is 0 Å². The van der Waals surface area contributed by atoms with Crippen LogP contribution in [0.25, 0.3) is 11.1 Å². The van der Waals surface area contributed by atoms with Crippen molar-refractivity contribution in [3.05, 3.63) is 59.7 Å². The van der Waals surface area contributed by atoms with E-state index in [0.717, 1.165) is 30.4 Å². The van der Waals surface area contributed by atoms with E-state index in [1.807, 2.05) is 31.2 Å². The standard InChI is InChI=1S/C28H32N2O5/c1-16(12-24(31)32)14-29-27(33)25-17-10-11-18(13-17)26(25)30-28(34)35-15-23-21-8-4-2-6-19(21)20-7-3-5-9-22(20)23/h2-9,16-18,23,25-26H,10-15H2,1H3,(H,29,33)(H,30,34)(H,31,32). The molecule has 0 radical (unpaired) electrons. The van der Waals surface area contributed by atoms with Crippen molar-refractivity contribution in [2.75, 3.05) is 13.2 Å². The van der Waals surface area contributed by atoms with Crippen LogP contribution in [0, 0.1) is 23.7 Å². The molecule has 184 valence electrons. The molecule has 0 heterocycles. The minimum Gasteiger partial charge on any atom is -0.481 e. The maximum Gasteiger partial charge on any atom is 0.407 e. The van der Waals surface area contributed by atoms with E-state index >= 15 is 0 Å². The summed E-state index contributed by atoms with van der Waals surface area (Å²) in [5.74, 6) is -0.918. The molecule has 7 heteroatoms. The van der Waals surface area contributed by atoms with Crippen LogP contribution in [0.4, 0.5) is 4.79 Å². The summed E-state index contributed by atoms with van der Waals surface area (Å²) in [4.78, 5) is 36.8. The van der Waals surface area contributed by atoms with Crippen molar-refractivity contribution in [1.29, 1.82) is 0 Å². The van der Waals surface area contributed by atoms with Gasteiger partial charge in [0, 0.05) is 24.9 Å². The number of nitrogens with one attached hydrogen (secondary N) is 2. The van der Waals surface area contributed by atoms with Gasteiger partial charge in [-0.05, 0) is 59.3 Å². The zero-order valence-corrected chi connectivity index (χ0v) is 19.9. The number of hydrogen-bond donors (Lipinski definition) is 3. The molecule has 3 N–H and O–H groups in total. The van der Waals surface area contributed by atoms with Crippen LogP contribution in [-0.2, 0) is 14.3 Å². The van der Waals surface area contributed by atoms with Crippen molar-refractivity contribution >= 4 is 18.0 Å². The minimum absolute atomic E-state index is 0.0111. The van der Waals surface area contributed by atoms with Gasteiger partial charge in [-0.1, -0.05) is 55.5 Å². The molecule has 3 aliphatic rings. The van der Waals surface area contributed by atoms with Crippen LogP contribution in [0.3, 0.4) is 0 Å². The van der Waals surface area contributed by atoms with E-state index in [-0.39, 0.29) is 54.6 Å². The van der Waals surface area contributed by atoms with Crippen LogP contribution in [0.1, 0.15) is 49.7 Å². The summed E-state index contributed by atoms with van der Waals surface area (Å²) in [7, 11) is 0. The average Bonchev–Trinajstić information content (AvgIpc) is 3.53. The van der Waals surface area contributed by atoms with E-state index in [2.05, 4.69) is 34.9 Å². The summed E-state index contributed by atoms with van der Waals surface area (Å²) in [6, 6.07) is 16.2. The number of amides is 2. The Hall–Kier alpha value is -3.35. The summed E-state index contributed by atoms with van der Waals surface area (Å²) < 4.78 is 5.73. The highest BCUT2D eigenvalue weighted by molar-refractivity contribution is 5.82. The molecule has 35 heavy (non-hydrogen) atoms. The van der Waals surface area contributed by atoms with Gasteiger partial charge >= 0.3 is 12.1 Å². The van der Waals surface area contributed by atoms with Crippen molar-refractivity contribution in [2.24, 2.45) is 23.7 Å². The lowest BCUT2D eigenvalue weighted by Gasteiger charge is -2.31. The number of ether oxygens (including phenoxy) is 1. The first-order valence-electron chi connectivity index (χ1n) is 12.5. The van der Waals surface area contributed by atoms with Crippen molar-refractivity contribution in [3.63, 3.8) is 0 Å². The quantitative estimate of drug-likeness (QED) is 0.531. The highest BCUT2D eigenvalue weighted by Crippen LogP contribution is 2.49. The van der Waals surface area contributed by atoms with Gasteiger partial charge in [-0.25, -0.2) is 4.79 Å². The lowest BCUT2D eigenvalue weighted by molar-refractivity contribution is -0.138. The van der Waals surface area contributed by atoms with Gasteiger partial charge in [0.15, 0.2) is 0 Å². The lowest BCUT2D eigenvalue weighted by atomic mass is 9.83. The summed E-state index contributed by atoms with van der Waals surface area (Å²) in [6.07, 6.45) is 2.44. The molecule has 5 unspecified atom stereocenters. The Morgan fingerprint density at radius 2 is 1.63 bits per heavy atom. The predicted molar refractivity (Wildman–Crippen MR) is 131 cm³/mol. The summed E-state index contributed by atoms with van der Waals surface area (Å²) in [6.45, 7) is 2.36. The van der Waals surface area contributed by atoms with Crippen LogP contribution < -0.4 is 10.6 Å². The van der Waals surface area contributed by atoms with Crippen molar-refractivity contribution in [1.82, 2.24) is 10.6 Å². The minimum atomic E-state index is -0.874. The molecular formula is C28H32N2O5. The van der Waals surface area contributed by atoms with Gasteiger partial charge in [-0.2, -0.15) is 0 Å². The second-order valence-electron chi connectivity index (χ2n) is 10.3. The summed E-state index contributed by atoms with van der Waals surface area (Å²) in [5, 5.41) is 14.9. The van der Waals surface area contributed by atoms with Crippen molar-refractivity contribution in [2.45, 2.75) is 44.6 Å². The second kappa shape index (κ2) is 9.72. The van der Waals surface area contributed by atoms with Crippen LogP contribution in [0.15, 0.2) is 48.5 Å². The van der Waals surface area contributed by atoms with Crippen molar-refractivity contribution in [3.8, 4) is 11.1 Å². The van der Waals surface area contributed by atoms with Crippen molar-refractivity contribution < 1.29 is 24.2 Å². The number of alkyl carbamates (subject to hydrolysis) is 1. The fourth-order valence-electron chi connectivity index (χ4n) is 6.42. The molecule has 2 bridgehead atoms. The van der Waals surface area contributed by atoms with E-state index in [0.29, 0.717) is 6.54 Å². The number of carbonyl (C=O) groups is 3. The smallest absolute Gasteiger partial charge is 0.407 e. The topological polar surface area (TPSA) is 105 Å². The fourth-order valence-corrected chi connectivity index (χ4v) is 6.42. The van der Waals surface area contributed by atoms with Crippen LogP contribution in [0.2, 0.25) is 0 Å². The van der Waals surface area contributed by atoms with E-state index < -0.39 is 12.1 Å². The maximum absolute atomic E-state index is 13.0. The van der Waals surface area contributed by atoms with Gasteiger partial charge < -0.3 is 20.5 Å². The van der Waals surface area contributed by atoms with Crippen LogP contribution in [-0.4, -0.2) is 42.3 Å². The summed E-state index contributed by atoms with van der Waals surface area (Å²) >= 11 is 0. The van der Waals surface area contributed by atoms with Gasteiger partial charge in [0.05, 0.1) is 5.92 Å². The maximum atomic E-state index is 13.0. The number of aliphatic carboxylic acids is 1. The zero-order valence-electron chi connectivity index (χ0n) is 19.9. The fraction of sp³-hybridized carbons (Fsp3) is 0.464. The molecule has 0 aromatic heterocycles. The molecule has 0 spiro atoms. The monoisotopic (exact) mass is 476 g/mol. The first-order valence-corrected chi connectivity index (χ1v) is 12.5. The Morgan fingerprint density at radius 1 is 1.00 bits per heavy atom. The molecule has 2 amide bonds. The third kappa shape index (κ3) is 4.64. The van der Waals surface area contributed by atoms with E-state index in [1.165, 1.54) is 11.1 Å². The first kappa shape index (κ1) is 23.4. The molecular weight excluding hydrogens is 444 g/mol. The Balaban J connectivity index is 1.21. The highest BCUT2D eigenvalue weighted by Gasteiger charge is 2.51. The van der Waals surface area contributed by atoms with E-state index in [4.69, 9.17) is 9.84 Å². The Bertz CT molecular complexity index is 1090. The largest absolute Gasteiger partial charge is 0.481 e. The number of fused-ring (bicyclic) bond motifs is 5. The van der Waals surface area contributed by atoms with Gasteiger partial charge in [0.25, 0.3) is 0 Å². The molecule has 5 atom stereocenters. The molecule has 0 aliphatic heterocycles. The molecule has 5 rings (SSSR count). The molecule has 0 saturated heterocycles. The molecule has 2 aromatic carbocycles. The third-order valence-electron chi connectivity index (χ3n) is 8.00. The van der Waals surface area contributed by atoms with E-state index in [1.54, 1.807) is 0 Å². The number of carbonyl (C=O) groups excluding carboxylic acids is 2. The van der Waals surface area contributed by atoms with Gasteiger partial charge in [0.1, 0.15) is 6.61 Å². The molecule has 2 saturated carbocycles. The number of carboxylic acid groups (broad SMARTS) is 1. The zero-order chi connectivity index (χ0) is 24.5. The van der Waals surface area contributed by atoms with Crippen LogP contribution in [0.5, 0.6) is 0 Å². The third-order valence-corrected chi connectivity index (χ3v) is 8.00. The van der Waals surface area contributed by atoms with Gasteiger partial charge in [-0.3, -0.25) is 9.59 Å². The number of carboxylic acids is 1.